The predicted molar refractivity (Wildman–Crippen MR) is 47.0 cm³/mol. The SMILES string of the molecule is C#CCCC(N)c1ncccn1. The van der Waals surface area contributed by atoms with E-state index in [0.717, 1.165) is 6.42 Å². The molecule has 1 atom stereocenters. The maximum Gasteiger partial charge on any atom is 0.144 e. The highest BCUT2D eigenvalue weighted by Gasteiger charge is 2.05. The summed E-state index contributed by atoms with van der Waals surface area (Å²) in [6.45, 7) is 0. The van der Waals surface area contributed by atoms with E-state index in [1.165, 1.54) is 0 Å². The molecule has 0 aliphatic rings. The second-order valence-electron chi connectivity index (χ2n) is 2.46. The molecule has 2 N–H and O–H groups in total. The van der Waals surface area contributed by atoms with E-state index in [4.69, 9.17) is 12.2 Å². The number of aromatic nitrogens is 2. The third-order valence-corrected chi connectivity index (χ3v) is 1.52. The molecular weight excluding hydrogens is 150 g/mol. The van der Waals surface area contributed by atoms with E-state index < -0.39 is 0 Å². The Labute approximate surface area is 72.0 Å². The van der Waals surface area contributed by atoms with Gasteiger partial charge in [0.1, 0.15) is 5.82 Å². The van der Waals surface area contributed by atoms with Gasteiger partial charge in [-0.25, -0.2) is 9.97 Å². The summed E-state index contributed by atoms with van der Waals surface area (Å²) in [6.07, 6.45) is 9.87. The molecule has 0 bridgehead atoms. The second kappa shape index (κ2) is 4.47. The fourth-order valence-electron chi connectivity index (χ4n) is 0.870. The van der Waals surface area contributed by atoms with Gasteiger partial charge in [-0.1, -0.05) is 0 Å². The maximum atomic E-state index is 5.76. The Morgan fingerprint density at radius 3 is 2.75 bits per heavy atom. The van der Waals surface area contributed by atoms with Crippen LogP contribution in [0.15, 0.2) is 18.5 Å². The van der Waals surface area contributed by atoms with Crippen LogP contribution in [0.2, 0.25) is 0 Å². The highest BCUT2D eigenvalue weighted by atomic mass is 14.9. The highest BCUT2D eigenvalue weighted by Crippen LogP contribution is 2.08. The smallest absolute Gasteiger partial charge is 0.144 e. The molecule has 3 nitrogen and oxygen atoms in total. The lowest BCUT2D eigenvalue weighted by Gasteiger charge is -2.06. The Balaban J connectivity index is 2.55. The summed E-state index contributed by atoms with van der Waals surface area (Å²) in [5, 5.41) is 0. The minimum absolute atomic E-state index is 0.137. The van der Waals surface area contributed by atoms with E-state index >= 15 is 0 Å². The third-order valence-electron chi connectivity index (χ3n) is 1.52. The van der Waals surface area contributed by atoms with Gasteiger partial charge in [0.05, 0.1) is 6.04 Å². The van der Waals surface area contributed by atoms with Crippen LogP contribution in [0.25, 0.3) is 0 Å². The molecule has 0 saturated heterocycles. The van der Waals surface area contributed by atoms with Crippen LogP contribution in [-0.4, -0.2) is 9.97 Å². The van der Waals surface area contributed by atoms with Gasteiger partial charge in [-0.15, -0.1) is 12.3 Å². The molecule has 62 valence electrons. The van der Waals surface area contributed by atoms with Crippen molar-refractivity contribution in [2.24, 2.45) is 5.73 Å². The standard InChI is InChI=1S/C9H11N3/c1-2-3-5-8(10)9-11-6-4-7-12-9/h1,4,6-8H,3,5,10H2. The zero-order valence-corrected chi connectivity index (χ0v) is 6.77. The van der Waals surface area contributed by atoms with E-state index in [0.29, 0.717) is 12.2 Å². The van der Waals surface area contributed by atoms with Gasteiger partial charge in [-0.2, -0.15) is 0 Å². The van der Waals surface area contributed by atoms with E-state index in [2.05, 4.69) is 15.9 Å². The first-order valence-electron chi connectivity index (χ1n) is 3.80. The van der Waals surface area contributed by atoms with Crippen LogP contribution in [0.4, 0.5) is 0 Å². The van der Waals surface area contributed by atoms with Gasteiger partial charge in [-0.3, -0.25) is 0 Å². The Kier molecular flexibility index (Phi) is 3.24. The fraction of sp³-hybridized carbons (Fsp3) is 0.333. The monoisotopic (exact) mass is 161 g/mol. The van der Waals surface area contributed by atoms with Crippen molar-refractivity contribution in [2.45, 2.75) is 18.9 Å². The van der Waals surface area contributed by atoms with Crippen molar-refractivity contribution in [3.8, 4) is 12.3 Å². The quantitative estimate of drug-likeness (QED) is 0.670. The lowest BCUT2D eigenvalue weighted by atomic mass is 10.1. The van der Waals surface area contributed by atoms with Gasteiger partial charge in [-0.05, 0) is 12.5 Å². The highest BCUT2D eigenvalue weighted by molar-refractivity contribution is 4.96. The summed E-state index contributed by atoms with van der Waals surface area (Å²) < 4.78 is 0. The van der Waals surface area contributed by atoms with E-state index in [9.17, 15) is 0 Å². The molecule has 0 aromatic carbocycles. The first-order chi connectivity index (χ1) is 5.84. The minimum Gasteiger partial charge on any atom is -0.321 e. The van der Waals surface area contributed by atoms with Crippen molar-refractivity contribution in [3.63, 3.8) is 0 Å². The van der Waals surface area contributed by atoms with Gasteiger partial charge < -0.3 is 5.73 Å². The van der Waals surface area contributed by atoms with Crippen LogP contribution in [-0.2, 0) is 0 Å². The van der Waals surface area contributed by atoms with E-state index in [1.807, 2.05) is 0 Å². The number of rotatable bonds is 3. The van der Waals surface area contributed by atoms with Crippen molar-refractivity contribution in [2.75, 3.05) is 0 Å². The molecule has 0 amide bonds. The molecular formula is C9H11N3. The zero-order valence-electron chi connectivity index (χ0n) is 6.77. The van der Waals surface area contributed by atoms with Gasteiger partial charge in [0, 0.05) is 18.8 Å². The van der Waals surface area contributed by atoms with Crippen LogP contribution < -0.4 is 5.73 Å². The maximum absolute atomic E-state index is 5.76. The summed E-state index contributed by atoms with van der Waals surface area (Å²) in [4.78, 5) is 8.05. The van der Waals surface area contributed by atoms with Crippen LogP contribution in [0.5, 0.6) is 0 Å². The first kappa shape index (κ1) is 8.69. The molecule has 0 fully saturated rings. The van der Waals surface area contributed by atoms with Crippen molar-refractivity contribution < 1.29 is 0 Å². The average Bonchev–Trinajstić information content (AvgIpc) is 2.15. The molecule has 0 spiro atoms. The predicted octanol–water partition coefficient (Wildman–Crippen LogP) is 0.890. The number of nitrogens with zero attached hydrogens (tertiary/aromatic N) is 2. The lowest BCUT2D eigenvalue weighted by molar-refractivity contribution is 0.624. The van der Waals surface area contributed by atoms with E-state index in [-0.39, 0.29) is 6.04 Å². The molecule has 0 saturated carbocycles. The summed E-state index contributed by atoms with van der Waals surface area (Å²) in [6, 6.07) is 1.62. The molecule has 12 heavy (non-hydrogen) atoms. The van der Waals surface area contributed by atoms with Gasteiger partial charge >= 0.3 is 0 Å². The van der Waals surface area contributed by atoms with Crippen molar-refractivity contribution in [1.82, 2.24) is 9.97 Å². The van der Waals surface area contributed by atoms with Crippen molar-refractivity contribution in [1.29, 1.82) is 0 Å². The number of nitrogens with two attached hydrogens (primary N) is 1. The number of terminal acetylenes is 1. The number of hydrogen-bond acceptors (Lipinski definition) is 3. The van der Waals surface area contributed by atoms with Gasteiger partial charge in [0.15, 0.2) is 0 Å². The molecule has 0 radical (unpaired) electrons. The first-order valence-corrected chi connectivity index (χ1v) is 3.80. The number of hydrogen-bond donors (Lipinski definition) is 1. The summed E-state index contributed by atoms with van der Waals surface area (Å²) in [5.41, 5.74) is 5.76. The topological polar surface area (TPSA) is 51.8 Å². The molecule has 0 aliphatic carbocycles. The molecule has 1 heterocycles. The zero-order chi connectivity index (χ0) is 8.81. The Morgan fingerprint density at radius 1 is 1.50 bits per heavy atom. The second-order valence-corrected chi connectivity index (χ2v) is 2.46. The van der Waals surface area contributed by atoms with Crippen molar-refractivity contribution in [3.05, 3.63) is 24.3 Å². The van der Waals surface area contributed by atoms with Crippen LogP contribution in [0.3, 0.4) is 0 Å². The van der Waals surface area contributed by atoms with Gasteiger partial charge in [0.25, 0.3) is 0 Å². The molecule has 1 rings (SSSR count). The van der Waals surface area contributed by atoms with Gasteiger partial charge in [0.2, 0.25) is 0 Å². The Hall–Kier alpha value is -1.40. The minimum atomic E-state index is -0.137. The molecule has 1 unspecified atom stereocenters. The largest absolute Gasteiger partial charge is 0.321 e. The summed E-state index contributed by atoms with van der Waals surface area (Å²) in [5.74, 6) is 3.19. The van der Waals surface area contributed by atoms with Crippen molar-refractivity contribution >= 4 is 0 Å². The summed E-state index contributed by atoms with van der Waals surface area (Å²) in [7, 11) is 0. The summed E-state index contributed by atoms with van der Waals surface area (Å²) >= 11 is 0. The normalized spacial score (nSPS) is 12.0. The molecule has 1 aromatic rings. The van der Waals surface area contributed by atoms with Crippen LogP contribution in [0, 0.1) is 12.3 Å². The molecule has 1 aromatic heterocycles. The van der Waals surface area contributed by atoms with Crippen LogP contribution >= 0.6 is 0 Å². The third kappa shape index (κ3) is 2.33. The van der Waals surface area contributed by atoms with E-state index in [1.54, 1.807) is 18.5 Å². The molecule has 0 aliphatic heterocycles. The average molecular weight is 161 g/mol. The van der Waals surface area contributed by atoms with Crippen LogP contribution in [0.1, 0.15) is 24.7 Å². The molecule has 3 heteroatoms. The Bertz CT molecular complexity index is 263. The lowest BCUT2D eigenvalue weighted by Crippen LogP contribution is -2.13. The Morgan fingerprint density at radius 2 is 2.17 bits per heavy atom. The fourth-order valence-corrected chi connectivity index (χ4v) is 0.870.